The number of hydrogen-bond donors (Lipinski definition) is 1. The highest BCUT2D eigenvalue weighted by molar-refractivity contribution is 8.00. The van der Waals surface area contributed by atoms with Gasteiger partial charge in [-0.15, -0.1) is 0 Å². The molecule has 2 fully saturated rings. The van der Waals surface area contributed by atoms with Crippen LogP contribution in [-0.2, 0) is 9.59 Å². The molecule has 66 valence electrons. The van der Waals surface area contributed by atoms with Crippen molar-refractivity contribution in [2.45, 2.75) is 24.5 Å². The van der Waals surface area contributed by atoms with Gasteiger partial charge in [0.15, 0.2) is 0 Å². The third-order valence-electron chi connectivity index (χ3n) is 2.42. The number of thioether (sulfide) groups is 1. The van der Waals surface area contributed by atoms with Crippen molar-refractivity contribution in [3.63, 3.8) is 0 Å². The predicted molar refractivity (Wildman–Crippen MR) is 46.7 cm³/mol. The van der Waals surface area contributed by atoms with Gasteiger partial charge in [0.2, 0.25) is 11.8 Å². The topological polar surface area (TPSA) is 46.2 Å². The molecule has 2 amide bonds. The van der Waals surface area contributed by atoms with E-state index in [9.17, 15) is 9.59 Å². The van der Waals surface area contributed by atoms with E-state index in [0.717, 1.165) is 12.2 Å². The average molecular weight is 185 g/mol. The number of imide groups is 1. The monoisotopic (exact) mass is 185 g/mol. The van der Waals surface area contributed by atoms with Crippen LogP contribution >= 0.6 is 11.8 Å². The lowest BCUT2D eigenvalue weighted by molar-refractivity contribution is -0.125. The minimum absolute atomic E-state index is 0.0370. The molecule has 0 bridgehead atoms. The zero-order valence-electron chi connectivity index (χ0n) is 6.71. The summed E-state index contributed by atoms with van der Waals surface area (Å²) in [6.07, 6.45) is 2.69. The first kappa shape index (κ1) is 8.10. The lowest BCUT2D eigenvalue weighted by atomic mass is 10.0. The maximum Gasteiger partial charge on any atom is 0.231 e. The highest BCUT2D eigenvalue weighted by Crippen LogP contribution is 2.35. The zero-order chi connectivity index (χ0) is 8.55. The van der Waals surface area contributed by atoms with Crippen LogP contribution in [0, 0.1) is 5.92 Å². The molecule has 0 spiro atoms. The van der Waals surface area contributed by atoms with Gasteiger partial charge in [-0.2, -0.15) is 11.8 Å². The van der Waals surface area contributed by atoms with Crippen LogP contribution in [0.2, 0.25) is 0 Å². The molecule has 0 aromatic carbocycles. The Morgan fingerprint density at radius 1 is 1.42 bits per heavy atom. The summed E-state index contributed by atoms with van der Waals surface area (Å²) in [6, 6.07) is 0. The summed E-state index contributed by atoms with van der Waals surface area (Å²) in [5.41, 5.74) is 0. The van der Waals surface area contributed by atoms with E-state index < -0.39 is 0 Å². The molecule has 0 aromatic rings. The van der Waals surface area contributed by atoms with E-state index in [1.165, 1.54) is 6.42 Å². The Morgan fingerprint density at radius 3 is 2.75 bits per heavy atom. The largest absolute Gasteiger partial charge is 0.296 e. The van der Waals surface area contributed by atoms with Crippen LogP contribution in [0.4, 0.5) is 0 Å². The van der Waals surface area contributed by atoms with Crippen LogP contribution in [0.1, 0.15) is 19.3 Å². The smallest absolute Gasteiger partial charge is 0.231 e. The van der Waals surface area contributed by atoms with E-state index >= 15 is 0 Å². The van der Waals surface area contributed by atoms with Crippen molar-refractivity contribution in [2.24, 2.45) is 5.92 Å². The summed E-state index contributed by atoms with van der Waals surface area (Å²) in [5.74, 6) is 0.949. The van der Waals surface area contributed by atoms with E-state index in [2.05, 4.69) is 5.32 Å². The molecule has 0 aliphatic carbocycles. The fourth-order valence-electron chi connectivity index (χ4n) is 1.79. The van der Waals surface area contributed by atoms with E-state index in [-0.39, 0.29) is 17.7 Å². The van der Waals surface area contributed by atoms with Crippen LogP contribution in [0.3, 0.4) is 0 Å². The quantitative estimate of drug-likeness (QED) is 0.607. The summed E-state index contributed by atoms with van der Waals surface area (Å²) in [5, 5.41) is 2.75. The third kappa shape index (κ3) is 1.35. The van der Waals surface area contributed by atoms with E-state index in [0.29, 0.717) is 11.7 Å². The van der Waals surface area contributed by atoms with Crippen molar-refractivity contribution in [3.8, 4) is 0 Å². The zero-order valence-corrected chi connectivity index (χ0v) is 7.52. The highest BCUT2D eigenvalue weighted by Gasteiger charge is 2.38. The second kappa shape index (κ2) is 3.09. The first-order valence-corrected chi connectivity index (χ1v) is 5.27. The van der Waals surface area contributed by atoms with Gasteiger partial charge < -0.3 is 0 Å². The van der Waals surface area contributed by atoms with E-state index in [1.807, 2.05) is 11.8 Å². The molecule has 2 unspecified atom stereocenters. The predicted octanol–water partition coefficient (Wildman–Crippen LogP) is 0.545. The van der Waals surface area contributed by atoms with Crippen LogP contribution in [-0.4, -0.2) is 22.8 Å². The normalized spacial score (nSPS) is 35.7. The number of rotatable bonds is 1. The standard InChI is InChI=1S/C8H11NO2S/c10-7-4-5(8(11)9-7)6-2-1-3-12-6/h5-6H,1-4H2,(H,9,10,11). The van der Waals surface area contributed by atoms with Crippen LogP contribution in [0.5, 0.6) is 0 Å². The van der Waals surface area contributed by atoms with Crippen molar-refractivity contribution < 1.29 is 9.59 Å². The van der Waals surface area contributed by atoms with E-state index in [4.69, 9.17) is 0 Å². The summed E-state index contributed by atoms with van der Waals surface area (Å²) < 4.78 is 0. The summed E-state index contributed by atoms with van der Waals surface area (Å²) >= 11 is 1.83. The fraction of sp³-hybridized carbons (Fsp3) is 0.750. The van der Waals surface area contributed by atoms with Crippen LogP contribution in [0.15, 0.2) is 0 Å². The number of amides is 2. The average Bonchev–Trinajstić information content (AvgIpc) is 2.58. The fourth-order valence-corrected chi connectivity index (χ4v) is 3.22. The van der Waals surface area contributed by atoms with Crippen molar-refractivity contribution in [1.82, 2.24) is 5.32 Å². The van der Waals surface area contributed by atoms with Crippen molar-refractivity contribution >= 4 is 23.6 Å². The Hall–Kier alpha value is -0.510. The molecular formula is C8H11NO2S. The maximum atomic E-state index is 11.2. The second-order valence-electron chi connectivity index (χ2n) is 3.27. The van der Waals surface area contributed by atoms with Crippen molar-refractivity contribution in [3.05, 3.63) is 0 Å². The molecule has 2 saturated heterocycles. The van der Waals surface area contributed by atoms with Gasteiger partial charge in [-0.1, -0.05) is 0 Å². The SMILES string of the molecule is O=C1CC(C2CCCS2)C(=O)N1. The van der Waals surface area contributed by atoms with Crippen molar-refractivity contribution in [2.75, 3.05) is 5.75 Å². The highest BCUT2D eigenvalue weighted by atomic mass is 32.2. The Labute approximate surface area is 75.3 Å². The number of carbonyl (C=O) groups is 2. The molecule has 2 aliphatic rings. The lowest BCUT2D eigenvalue weighted by Crippen LogP contribution is -2.26. The first-order valence-electron chi connectivity index (χ1n) is 4.22. The molecule has 0 aromatic heterocycles. The first-order chi connectivity index (χ1) is 5.77. The van der Waals surface area contributed by atoms with Gasteiger partial charge in [0.05, 0.1) is 5.92 Å². The van der Waals surface area contributed by atoms with Gasteiger partial charge in [0.1, 0.15) is 0 Å². The molecule has 2 aliphatic heterocycles. The molecule has 2 rings (SSSR count). The lowest BCUT2D eigenvalue weighted by Gasteiger charge is -2.12. The van der Waals surface area contributed by atoms with Gasteiger partial charge in [0.25, 0.3) is 0 Å². The molecule has 0 saturated carbocycles. The second-order valence-corrected chi connectivity index (χ2v) is 4.62. The van der Waals surface area contributed by atoms with Crippen molar-refractivity contribution in [1.29, 1.82) is 0 Å². The summed E-state index contributed by atoms with van der Waals surface area (Å²) in [4.78, 5) is 22.1. The summed E-state index contributed by atoms with van der Waals surface area (Å²) in [6.45, 7) is 0. The number of nitrogens with one attached hydrogen (secondary N) is 1. The van der Waals surface area contributed by atoms with Gasteiger partial charge in [0, 0.05) is 11.7 Å². The van der Waals surface area contributed by atoms with Gasteiger partial charge in [-0.05, 0) is 18.6 Å². The Balaban J connectivity index is 2.03. The van der Waals surface area contributed by atoms with Gasteiger partial charge >= 0.3 is 0 Å². The molecule has 2 atom stereocenters. The van der Waals surface area contributed by atoms with E-state index in [1.54, 1.807) is 0 Å². The van der Waals surface area contributed by atoms with Gasteiger partial charge in [-0.3, -0.25) is 14.9 Å². The minimum Gasteiger partial charge on any atom is -0.296 e. The molecule has 12 heavy (non-hydrogen) atoms. The number of carbonyl (C=O) groups excluding carboxylic acids is 2. The van der Waals surface area contributed by atoms with Crippen LogP contribution < -0.4 is 5.32 Å². The molecule has 4 heteroatoms. The molecular weight excluding hydrogens is 174 g/mol. The molecule has 2 heterocycles. The van der Waals surface area contributed by atoms with Crippen LogP contribution in [0.25, 0.3) is 0 Å². The minimum atomic E-state index is -0.0995. The Kier molecular flexibility index (Phi) is 2.09. The Bertz CT molecular complexity index is 223. The third-order valence-corrected chi connectivity index (χ3v) is 3.94. The Morgan fingerprint density at radius 2 is 2.25 bits per heavy atom. The maximum absolute atomic E-state index is 11.2. The molecule has 0 radical (unpaired) electrons. The molecule has 1 N–H and O–H groups in total. The molecule has 3 nitrogen and oxygen atoms in total. The van der Waals surface area contributed by atoms with Gasteiger partial charge in [-0.25, -0.2) is 0 Å². The number of hydrogen-bond acceptors (Lipinski definition) is 3. The summed E-state index contributed by atoms with van der Waals surface area (Å²) in [7, 11) is 0.